The maximum atomic E-state index is 13.0. The van der Waals surface area contributed by atoms with Crippen LogP contribution in [-0.4, -0.2) is 37.3 Å². The second-order valence-corrected chi connectivity index (χ2v) is 7.07. The third-order valence-electron chi connectivity index (χ3n) is 5.33. The number of fused-ring (bicyclic) bond motifs is 1. The molecule has 28 heavy (non-hydrogen) atoms. The Morgan fingerprint density at radius 1 is 1.29 bits per heavy atom. The number of aliphatic hydroxyl groups excluding tert-OH is 1. The fourth-order valence-corrected chi connectivity index (χ4v) is 3.84. The molecule has 8 heteroatoms. The van der Waals surface area contributed by atoms with Crippen molar-refractivity contribution in [2.75, 3.05) is 17.2 Å². The van der Waals surface area contributed by atoms with Gasteiger partial charge in [0.1, 0.15) is 17.5 Å². The van der Waals surface area contributed by atoms with E-state index in [0.717, 1.165) is 24.6 Å². The van der Waals surface area contributed by atoms with Gasteiger partial charge in [0, 0.05) is 43.7 Å². The van der Waals surface area contributed by atoms with E-state index in [-0.39, 0.29) is 24.1 Å². The molecule has 0 radical (unpaired) electrons. The summed E-state index contributed by atoms with van der Waals surface area (Å²) in [6.07, 6.45) is 9.60. The van der Waals surface area contributed by atoms with E-state index in [4.69, 9.17) is 0 Å². The van der Waals surface area contributed by atoms with Crippen LogP contribution >= 0.6 is 0 Å². The van der Waals surface area contributed by atoms with Gasteiger partial charge >= 0.3 is 0 Å². The third kappa shape index (κ3) is 3.55. The highest BCUT2D eigenvalue weighted by molar-refractivity contribution is 5.93. The van der Waals surface area contributed by atoms with Crippen LogP contribution in [0.1, 0.15) is 26.2 Å². The molecule has 0 amide bonds. The number of rotatable bonds is 6. The Morgan fingerprint density at radius 2 is 2.18 bits per heavy atom. The Morgan fingerprint density at radius 3 is 2.93 bits per heavy atom. The lowest BCUT2D eigenvalue weighted by molar-refractivity contribution is 0.222. The predicted molar refractivity (Wildman–Crippen MR) is 109 cm³/mol. The van der Waals surface area contributed by atoms with Gasteiger partial charge in [-0.2, -0.15) is 0 Å². The lowest BCUT2D eigenvalue weighted by atomic mass is 10.0. The molecule has 0 unspecified atom stereocenters. The van der Waals surface area contributed by atoms with Crippen LogP contribution in [0.15, 0.2) is 41.7 Å². The van der Waals surface area contributed by atoms with Gasteiger partial charge in [0.25, 0.3) is 5.56 Å². The number of aromatic nitrogens is 4. The highest BCUT2D eigenvalue weighted by Crippen LogP contribution is 2.30. The van der Waals surface area contributed by atoms with Crippen molar-refractivity contribution in [2.24, 2.45) is 5.92 Å². The molecular formula is C20H24N6O2. The lowest BCUT2D eigenvalue weighted by Gasteiger charge is -2.21. The van der Waals surface area contributed by atoms with E-state index in [1.807, 2.05) is 19.1 Å². The summed E-state index contributed by atoms with van der Waals surface area (Å²) in [5.74, 6) is 1.88. The summed E-state index contributed by atoms with van der Waals surface area (Å²) in [6, 6.07) is 3.86. The van der Waals surface area contributed by atoms with E-state index in [0.29, 0.717) is 29.4 Å². The topological polar surface area (TPSA) is 105 Å². The molecule has 3 N–H and O–H groups in total. The smallest absolute Gasteiger partial charge is 0.262 e. The summed E-state index contributed by atoms with van der Waals surface area (Å²) in [7, 11) is 0. The summed E-state index contributed by atoms with van der Waals surface area (Å²) in [5, 5.41) is 17.6. The van der Waals surface area contributed by atoms with Crippen molar-refractivity contribution in [2.45, 2.75) is 38.8 Å². The van der Waals surface area contributed by atoms with Crippen LogP contribution in [0.3, 0.4) is 0 Å². The monoisotopic (exact) mass is 380 g/mol. The van der Waals surface area contributed by atoms with Crippen molar-refractivity contribution < 1.29 is 5.11 Å². The second-order valence-electron chi connectivity index (χ2n) is 7.07. The Balaban J connectivity index is 1.79. The number of aliphatic hydroxyl groups is 1. The van der Waals surface area contributed by atoms with Crippen LogP contribution in [-0.2, 0) is 6.54 Å². The molecule has 2 atom stereocenters. The number of nitrogens with zero attached hydrogens (tertiary/aromatic N) is 4. The maximum Gasteiger partial charge on any atom is 0.262 e. The molecule has 1 saturated carbocycles. The standard InChI is InChI=1S/C20H24N6O2/c1-2-26-9-6-13-10-16(24-17-11-21-7-8-22-17)25-19(18(13)20(26)28)23-15-5-3-4-14(15)12-27/h6-11,14-15,27H,2-5,12H2,1H3,(H2,22,23,24,25)/t14-,15-/m1/s1. The molecule has 3 aromatic rings. The first-order chi connectivity index (χ1) is 13.7. The summed E-state index contributed by atoms with van der Waals surface area (Å²) in [5.41, 5.74) is -0.0698. The van der Waals surface area contributed by atoms with Crippen LogP contribution in [0.4, 0.5) is 17.5 Å². The Bertz CT molecular complexity index is 1020. The van der Waals surface area contributed by atoms with Gasteiger partial charge < -0.3 is 20.3 Å². The minimum absolute atomic E-state index is 0.0698. The van der Waals surface area contributed by atoms with Gasteiger partial charge in [-0.1, -0.05) is 6.42 Å². The molecule has 0 spiro atoms. The van der Waals surface area contributed by atoms with Crippen molar-refractivity contribution in [3.63, 3.8) is 0 Å². The molecule has 3 aromatic heterocycles. The normalized spacial score (nSPS) is 19.1. The first-order valence-electron chi connectivity index (χ1n) is 9.64. The minimum Gasteiger partial charge on any atom is -0.396 e. The molecule has 0 bridgehead atoms. The van der Waals surface area contributed by atoms with Gasteiger partial charge in [0.05, 0.1) is 11.6 Å². The fourth-order valence-electron chi connectivity index (χ4n) is 3.84. The van der Waals surface area contributed by atoms with Crippen LogP contribution < -0.4 is 16.2 Å². The Labute approximate surface area is 162 Å². The molecule has 1 fully saturated rings. The molecule has 1 aliphatic rings. The molecule has 4 rings (SSSR count). The van der Waals surface area contributed by atoms with Crippen molar-refractivity contribution in [1.29, 1.82) is 0 Å². The Hall–Kier alpha value is -3.00. The minimum atomic E-state index is -0.0698. The molecule has 1 aliphatic carbocycles. The first-order valence-corrected chi connectivity index (χ1v) is 9.64. The lowest BCUT2D eigenvalue weighted by Crippen LogP contribution is -2.28. The highest BCUT2D eigenvalue weighted by atomic mass is 16.3. The second kappa shape index (κ2) is 7.93. The summed E-state index contributed by atoms with van der Waals surface area (Å²) in [4.78, 5) is 25.9. The van der Waals surface area contributed by atoms with Crippen molar-refractivity contribution in [1.82, 2.24) is 19.5 Å². The van der Waals surface area contributed by atoms with Crippen LogP contribution in [0.2, 0.25) is 0 Å². The van der Waals surface area contributed by atoms with Crippen molar-refractivity contribution in [3.05, 3.63) is 47.3 Å². The SMILES string of the molecule is CCn1ccc2cc(Nc3cnccn3)nc(N[C@@H]3CCC[C@@H]3CO)c2c1=O. The Kier molecular flexibility index (Phi) is 5.21. The summed E-state index contributed by atoms with van der Waals surface area (Å²) >= 11 is 0. The van der Waals surface area contributed by atoms with Crippen molar-refractivity contribution in [3.8, 4) is 0 Å². The number of pyridine rings is 2. The van der Waals surface area contributed by atoms with Crippen LogP contribution in [0.5, 0.6) is 0 Å². The van der Waals surface area contributed by atoms with E-state index in [1.54, 1.807) is 29.4 Å². The number of anilines is 3. The molecule has 8 nitrogen and oxygen atoms in total. The average Bonchev–Trinajstić information content (AvgIpc) is 3.16. The molecular weight excluding hydrogens is 356 g/mol. The zero-order valence-corrected chi connectivity index (χ0v) is 15.8. The van der Waals surface area contributed by atoms with Crippen LogP contribution in [0, 0.1) is 5.92 Å². The van der Waals surface area contributed by atoms with E-state index in [9.17, 15) is 9.90 Å². The van der Waals surface area contributed by atoms with E-state index >= 15 is 0 Å². The molecule has 3 heterocycles. The largest absolute Gasteiger partial charge is 0.396 e. The zero-order chi connectivity index (χ0) is 19.5. The van der Waals surface area contributed by atoms with Crippen molar-refractivity contribution >= 4 is 28.2 Å². The molecule has 0 saturated heterocycles. The summed E-state index contributed by atoms with van der Waals surface area (Å²) < 4.78 is 1.67. The average molecular weight is 380 g/mol. The maximum absolute atomic E-state index is 13.0. The number of aryl methyl sites for hydroxylation is 1. The van der Waals surface area contributed by atoms with Gasteiger partial charge in [0.15, 0.2) is 0 Å². The van der Waals surface area contributed by atoms with Gasteiger partial charge in [-0.3, -0.25) is 9.78 Å². The molecule has 0 aromatic carbocycles. The first kappa shape index (κ1) is 18.4. The predicted octanol–water partition coefficient (Wildman–Crippen LogP) is 2.52. The highest BCUT2D eigenvalue weighted by Gasteiger charge is 2.27. The van der Waals surface area contributed by atoms with E-state index in [1.165, 1.54) is 0 Å². The summed E-state index contributed by atoms with van der Waals surface area (Å²) in [6.45, 7) is 2.67. The number of hydrogen-bond acceptors (Lipinski definition) is 7. The quantitative estimate of drug-likeness (QED) is 0.603. The van der Waals surface area contributed by atoms with Gasteiger partial charge in [0.2, 0.25) is 0 Å². The zero-order valence-electron chi connectivity index (χ0n) is 15.8. The molecule has 0 aliphatic heterocycles. The third-order valence-corrected chi connectivity index (χ3v) is 5.33. The van der Waals surface area contributed by atoms with E-state index in [2.05, 4.69) is 25.6 Å². The van der Waals surface area contributed by atoms with Crippen LogP contribution in [0.25, 0.3) is 10.8 Å². The number of hydrogen-bond donors (Lipinski definition) is 3. The molecule has 146 valence electrons. The van der Waals surface area contributed by atoms with Gasteiger partial charge in [-0.25, -0.2) is 9.97 Å². The number of nitrogens with one attached hydrogen (secondary N) is 2. The van der Waals surface area contributed by atoms with E-state index < -0.39 is 0 Å². The van der Waals surface area contributed by atoms with Gasteiger partial charge in [-0.05, 0) is 37.3 Å². The fraction of sp³-hybridized carbons (Fsp3) is 0.400. The van der Waals surface area contributed by atoms with Gasteiger partial charge in [-0.15, -0.1) is 0 Å².